The second kappa shape index (κ2) is 66.9. The van der Waals surface area contributed by atoms with E-state index in [1.807, 2.05) is 0 Å². The molecule has 1 unspecified atom stereocenters. The van der Waals surface area contributed by atoms with Crippen LogP contribution >= 0.6 is 0 Å². The number of rotatable bonds is 67. The Bertz CT molecular complexity index is 1160. The molecule has 0 saturated carbocycles. The zero-order valence-electron chi connectivity index (χ0n) is 52.8. The molecule has 0 rings (SSSR count). The highest BCUT2D eigenvalue weighted by Crippen LogP contribution is 2.20. The van der Waals surface area contributed by atoms with Crippen LogP contribution in [0, 0.1) is 0 Å². The van der Waals surface area contributed by atoms with Crippen molar-refractivity contribution in [3.63, 3.8) is 0 Å². The summed E-state index contributed by atoms with van der Waals surface area (Å²) in [5.74, 6) is -0.829. The molecule has 458 valence electrons. The van der Waals surface area contributed by atoms with E-state index in [9.17, 15) is 14.4 Å². The second-order valence-corrected chi connectivity index (χ2v) is 24.5. The number of hydrogen-bond acceptors (Lipinski definition) is 6. The first-order valence-electron chi connectivity index (χ1n) is 35.5. The smallest absolute Gasteiger partial charge is 0.306 e. The third-order valence-electron chi connectivity index (χ3n) is 16.6. The molecule has 0 aliphatic heterocycles. The summed E-state index contributed by atoms with van der Waals surface area (Å²) in [4.78, 5) is 38.2. The number of ether oxygens (including phenoxy) is 3. The van der Waals surface area contributed by atoms with Crippen molar-refractivity contribution < 1.29 is 28.6 Å². The molecule has 6 nitrogen and oxygen atoms in total. The summed E-state index contributed by atoms with van der Waals surface area (Å²) in [6.07, 6.45) is 78.8. The molecular formula is C71H138O6. The van der Waals surface area contributed by atoms with Gasteiger partial charge in [-0.15, -0.1) is 0 Å². The van der Waals surface area contributed by atoms with Crippen LogP contribution in [0.15, 0.2) is 0 Å². The number of carbonyl (C=O) groups excluding carboxylic acids is 3. The van der Waals surface area contributed by atoms with Crippen molar-refractivity contribution in [3.05, 3.63) is 0 Å². The minimum absolute atomic E-state index is 0.0609. The van der Waals surface area contributed by atoms with Gasteiger partial charge in [0.05, 0.1) is 0 Å². The fourth-order valence-corrected chi connectivity index (χ4v) is 11.3. The Balaban J connectivity index is 3.96. The Hall–Kier alpha value is -1.59. The van der Waals surface area contributed by atoms with Crippen LogP contribution in [-0.2, 0) is 28.6 Å². The van der Waals surface area contributed by atoms with Gasteiger partial charge in [0.25, 0.3) is 0 Å². The quantitative estimate of drug-likeness (QED) is 0.0343. The van der Waals surface area contributed by atoms with Crippen LogP contribution in [0.2, 0.25) is 0 Å². The summed E-state index contributed by atoms with van der Waals surface area (Å²) in [5.41, 5.74) is 0. The van der Waals surface area contributed by atoms with Gasteiger partial charge in [-0.25, -0.2) is 0 Å². The Morgan fingerprint density at radius 3 is 0.519 bits per heavy atom. The lowest BCUT2D eigenvalue weighted by molar-refractivity contribution is -0.167. The maximum Gasteiger partial charge on any atom is 0.306 e. The van der Waals surface area contributed by atoms with Gasteiger partial charge in [-0.3, -0.25) is 14.4 Å². The lowest BCUT2D eigenvalue weighted by Gasteiger charge is -2.18. The number of carbonyl (C=O) groups is 3. The van der Waals surface area contributed by atoms with Crippen molar-refractivity contribution in [2.24, 2.45) is 0 Å². The third-order valence-corrected chi connectivity index (χ3v) is 16.6. The molecule has 0 N–H and O–H groups in total. The van der Waals surface area contributed by atoms with Crippen LogP contribution in [0.1, 0.15) is 419 Å². The monoisotopic (exact) mass is 1090 g/mol. The second-order valence-electron chi connectivity index (χ2n) is 24.5. The fourth-order valence-electron chi connectivity index (χ4n) is 11.3. The Kier molecular flexibility index (Phi) is 65.5. The molecule has 0 bridgehead atoms. The number of esters is 3. The molecule has 0 fully saturated rings. The van der Waals surface area contributed by atoms with E-state index in [4.69, 9.17) is 14.2 Å². The van der Waals surface area contributed by atoms with Crippen LogP contribution in [-0.4, -0.2) is 37.2 Å². The minimum atomic E-state index is -0.762. The lowest BCUT2D eigenvalue weighted by atomic mass is 10.0. The molecule has 0 aliphatic rings. The highest BCUT2D eigenvalue weighted by Gasteiger charge is 2.19. The van der Waals surface area contributed by atoms with Crippen LogP contribution in [0.3, 0.4) is 0 Å². The van der Waals surface area contributed by atoms with Gasteiger partial charge >= 0.3 is 17.9 Å². The zero-order chi connectivity index (χ0) is 55.7. The van der Waals surface area contributed by atoms with Crippen molar-refractivity contribution in [3.8, 4) is 0 Å². The Morgan fingerprint density at radius 2 is 0.351 bits per heavy atom. The van der Waals surface area contributed by atoms with Gasteiger partial charge in [-0.05, 0) is 19.3 Å². The lowest BCUT2D eigenvalue weighted by Crippen LogP contribution is -2.30. The van der Waals surface area contributed by atoms with Gasteiger partial charge < -0.3 is 14.2 Å². The highest BCUT2D eigenvalue weighted by molar-refractivity contribution is 5.71. The van der Waals surface area contributed by atoms with E-state index in [0.717, 1.165) is 57.8 Å². The van der Waals surface area contributed by atoms with Crippen molar-refractivity contribution >= 4 is 17.9 Å². The Morgan fingerprint density at radius 1 is 0.208 bits per heavy atom. The summed E-state index contributed by atoms with van der Waals surface area (Å²) in [5, 5.41) is 0. The van der Waals surface area contributed by atoms with Gasteiger partial charge in [0, 0.05) is 19.3 Å². The van der Waals surface area contributed by atoms with E-state index in [1.54, 1.807) is 0 Å². The van der Waals surface area contributed by atoms with E-state index in [-0.39, 0.29) is 31.1 Å². The first-order valence-corrected chi connectivity index (χ1v) is 35.5. The number of unbranched alkanes of at least 4 members (excludes halogenated alkanes) is 56. The molecule has 0 aromatic carbocycles. The van der Waals surface area contributed by atoms with Crippen LogP contribution in [0.25, 0.3) is 0 Å². The molecule has 0 spiro atoms. The van der Waals surface area contributed by atoms with Crippen molar-refractivity contribution in [2.75, 3.05) is 13.2 Å². The predicted molar refractivity (Wildman–Crippen MR) is 335 cm³/mol. The highest BCUT2D eigenvalue weighted by atomic mass is 16.6. The SMILES string of the molecule is CCCCCCCCCCCCCCCCCCCCCCCCCCCCCCCCCCCCC(=O)OCC(COC(=O)CCCCCCCCCCCC)OC(=O)CCCCCCCCCCCCCCCCC. The predicted octanol–water partition coefficient (Wildman–Crippen LogP) is 24.2. The standard InChI is InChI=1S/C71H138O6/c1-4-7-10-13-16-19-22-24-26-27-28-29-30-31-32-33-34-35-36-37-38-39-40-41-42-43-44-46-47-49-52-55-58-61-64-70(73)76-67-68(66-75-69(72)63-60-57-54-51-21-18-15-12-9-6-3)77-71(74)65-62-59-56-53-50-48-45-25-23-20-17-14-11-8-5-2/h68H,4-67H2,1-3H3. The molecule has 0 radical (unpaired) electrons. The normalized spacial score (nSPS) is 11.9. The summed E-state index contributed by atoms with van der Waals surface area (Å²) < 4.78 is 16.9. The van der Waals surface area contributed by atoms with Crippen LogP contribution in [0.5, 0.6) is 0 Å². The van der Waals surface area contributed by atoms with Crippen molar-refractivity contribution in [1.29, 1.82) is 0 Å². The molecule has 0 saturated heterocycles. The molecule has 6 heteroatoms. The summed E-state index contributed by atoms with van der Waals surface area (Å²) in [7, 11) is 0. The average molecular weight is 1090 g/mol. The number of hydrogen-bond donors (Lipinski definition) is 0. The van der Waals surface area contributed by atoms with Crippen LogP contribution < -0.4 is 0 Å². The molecule has 0 aromatic rings. The van der Waals surface area contributed by atoms with Crippen molar-refractivity contribution in [2.45, 2.75) is 425 Å². The van der Waals surface area contributed by atoms with Gasteiger partial charge in [0.15, 0.2) is 6.10 Å². The first kappa shape index (κ1) is 75.4. The van der Waals surface area contributed by atoms with Gasteiger partial charge in [0.2, 0.25) is 0 Å². The van der Waals surface area contributed by atoms with Crippen LogP contribution in [0.4, 0.5) is 0 Å². The molecule has 0 aliphatic carbocycles. The van der Waals surface area contributed by atoms with E-state index in [0.29, 0.717) is 19.3 Å². The molecule has 0 amide bonds. The van der Waals surface area contributed by atoms with E-state index in [2.05, 4.69) is 20.8 Å². The van der Waals surface area contributed by atoms with E-state index < -0.39 is 6.10 Å². The van der Waals surface area contributed by atoms with Gasteiger partial charge in [-0.1, -0.05) is 380 Å². The largest absolute Gasteiger partial charge is 0.462 e. The maximum absolute atomic E-state index is 12.9. The molecular weight excluding hydrogens is 949 g/mol. The summed E-state index contributed by atoms with van der Waals surface area (Å²) in [6, 6.07) is 0. The third kappa shape index (κ3) is 65.1. The van der Waals surface area contributed by atoms with Gasteiger partial charge in [0.1, 0.15) is 13.2 Å². The fraction of sp³-hybridized carbons (Fsp3) is 0.958. The van der Waals surface area contributed by atoms with Gasteiger partial charge in [-0.2, -0.15) is 0 Å². The molecule has 1 atom stereocenters. The molecule has 0 aromatic heterocycles. The summed E-state index contributed by atoms with van der Waals surface area (Å²) >= 11 is 0. The Labute approximate surface area is 482 Å². The zero-order valence-corrected chi connectivity index (χ0v) is 52.8. The average Bonchev–Trinajstić information content (AvgIpc) is 3.43. The maximum atomic E-state index is 12.9. The topological polar surface area (TPSA) is 78.9 Å². The van der Waals surface area contributed by atoms with Crippen molar-refractivity contribution in [1.82, 2.24) is 0 Å². The molecule has 0 heterocycles. The van der Waals surface area contributed by atoms with E-state index in [1.165, 1.54) is 321 Å². The minimum Gasteiger partial charge on any atom is -0.462 e. The molecule has 77 heavy (non-hydrogen) atoms. The van der Waals surface area contributed by atoms with E-state index >= 15 is 0 Å². The summed E-state index contributed by atoms with van der Waals surface area (Å²) in [6.45, 7) is 6.71. The first-order chi connectivity index (χ1) is 38.0.